The first-order valence-electron chi connectivity index (χ1n) is 16.3. The van der Waals surface area contributed by atoms with Gasteiger partial charge in [0, 0.05) is 30.8 Å². The van der Waals surface area contributed by atoms with Gasteiger partial charge in [-0.1, -0.05) is 54.7 Å². The van der Waals surface area contributed by atoms with E-state index in [0.717, 1.165) is 39.5 Å². The number of carbonyl (C=O) groups is 2. The zero-order chi connectivity index (χ0) is 32.4. The molecule has 3 atom stereocenters. The number of para-hydroxylation sites is 1. The van der Waals surface area contributed by atoms with Crippen LogP contribution in [0.5, 0.6) is 0 Å². The Morgan fingerprint density at radius 1 is 1.06 bits per heavy atom. The fraction of sp³-hybridized carbons (Fsp3) is 0.389. The topological polar surface area (TPSA) is 126 Å². The fourth-order valence-electron chi connectivity index (χ4n) is 8.24. The summed E-state index contributed by atoms with van der Waals surface area (Å²) in [6, 6.07) is 17.2. The van der Waals surface area contributed by atoms with Crippen molar-refractivity contribution in [1.29, 1.82) is 0 Å². The zero-order valence-electron chi connectivity index (χ0n) is 26.7. The smallest absolute Gasteiger partial charge is 0.355 e. The normalized spacial score (nSPS) is 21.3. The van der Waals surface area contributed by atoms with Crippen molar-refractivity contribution in [1.82, 2.24) is 25.0 Å². The Morgan fingerprint density at radius 3 is 2.70 bits per heavy atom. The lowest BCUT2D eigenvalue weighted by Gasteiger charge is -2.60. The van der Waals surface area contributed by atoms with E-state index < -0.39 is 5.97 Å². The van der Waals surface area contributed by atoms with Crippen LogP contribution in [0.1, 0.15) is 70.8 Å². The van der Waals surface area contributed by atoms with Crippen LogP contribution < -0.4 is 10.2 Å². The van der Waals surface area contributed by atoms with Crippen molar-refractivity contribution in [3.05, 3.63) is 82.7 Å². The molecular weight excluding hydrogens is 611 g/mol. The summed E-state index contributed by atoms with van der Waals surface area (Å²) < 4.78 is 2.96. The van der Waals surface area contributed by atoms with Gasteiger partial charge in [0.15, 0.2) is 10.8 Å². The molecule has 2 N–H and O–H groups in total. The Labute approximate surface area is 276 Å². The molecule has 11 heteroatoms. The SMILES string of the molecule is Cc1c(-c2ccc(N3CCc4cccc(C(=O)Nc5nc6ccccc6s5)c4C3)nc2C(=O)O)nnn1C[C@@H]1CC[C@H]2C[C@@H]1C2(C)C. The van der Waals surface area contributed by atoms with Gasteiger partial charge in [0.2, 0.25) is 0 Å². The van der Waals surface area contributed by atoms with Crippen molar-refractivity contribution in [3.8, 4) is 11.3 Å². The molecule has 3 saturated carbocycles. The molecule has 10 nitrogen and oxygen atoms in total. The third kappa shape index (κ3) is 5.08. The van der Waals surface area contributed by atoms with Crippen LogP contribution in [-0.4, -0.2) is 48.5 Å². The largest absolute Gasteiger partial charge is 0.476 e. The van der Waals surface area contributed by atoms with Crippen LogP contribution in [0.3, 0.4) is 0 Å². The van der Waals surface area contributed by atoms with E-state index in [1.54, 1.807) is 6.07 Å². The minimum Gasteiger partial charge on any atom is -0.476 e. The molecule has 2 aromatic carbocycles. The highest BCUT2D eigenvalue weighted by molar-refractivity contribution is 7.22. The number of aromatic nitrogens is 5. The van der Waals surface area contributed by atoms with Crippen LogP contribution >= 0.6 is 11.3 Å². The molecule has 1 amide bonds. The number of fused-ring (bicyclic) bond motifs is 4. The minimum atomic E-state index is -1.11. The number of carboxylic acids is 1. The molecule has 47 heavy (non-hydrogen) atoms. The lowest BCUT2D eigenvalue weighted by molar-refractivity contribution is -0.109. The number of benzene rings is 2. The van der Waals surface area contributed by atoms with E-state index in [1.165, 1.54) is 30.6 Å². The molecule has 5 aromatic rings. The third-order valence-electron chi connectivity index (χ3n) is 11.1. The molecule has 240 valence electrons. The lowest BCUT2D eigenvalue weighted by atomic mass is 9.45. The van der Waals surface area contributed by atoms with E-state index in [4.69, 9.17) is 0 Å². The van der Waals surface area contributed by atoms with Gasteiger partial charge in [-0.3, -0.25) is 10.1 Å². The summed E-state index contributed by atoms with van der Waals surface area (Å²) in [5, 5.41) is 22.8. The highest BCUT2D eigenvalue weighted by Crippen LogP contribution is 2.61. The molecule has 0 radical (unpaired) electrons. The number of thiazole rings is 1. The van der Waals surface area contributed by atoms with E-state index >= 15 is 0 Å². The number of rotatable bonds is 7. The first-order valence-corrected chi connectivity index (χ1v) is 17.2. The monoisotopic (exact) mass is 647 g/mol. The average Bonchev–Trinajstić information content (AvgIpc) is 3.65. The number of hydrogen-bond donors (Lipinski definition) is 2. The van der Waals surface area contributed by atoms with Crippen LogP contribution in [0, 0.1) is 30.1 Å². The van der Waals surface area contributed by atoms with Gasteiger partial charge in [0.05, 0.1) is 15.9 Å². The van der Waals surface area contributed by atoms with Crippen LogP contribution in [0.15, 0.2) is 54.6 Å². The highest BCUT2D eigenvalue weighted by atomic mass is 32.1. The van der Waals surface area contributed by atoms with E-state index in [0.29, 0.717) is 64.5 Å². The summed E-state index contributed by atoms with van der Waals surface area (Å²) in [6.07, 6.45) is 4.47. The van der Waals surface area contributed by atoms with Crippen molar-refractivity contribution < 1.29 is 14.7 Å². The van der Waals surface area contributed by atoms with Gasteiger partial charge in [0.25, 0.3) is 5.91 Å². The summed E-state index contributed by atoms with van der Waals surface area (Å²) in [5.74, 6) is 1.30. The molecule has 3 aliphatic carbocycles. The molecule has 4 heterocycles. The minimum absolute atomic E-state index is 0.0501. The number of aromatic carboxylic acids is 1. The van der Waals surface area contributed by atoms with Crippen molar-refractivity contribution in [2.24, 2.45) is 23.2 Å². The number of nitrogens with one attached hydrogen (secondary N) is 1. The molecule has 4 aliphatic rings. The predicted molar refractivity (Wildman–Crippen MR) is 182 cm³/mol. The summed E-state index contributed by atoms with van der Waals surface area (Å²) >= 11 is 1.44. The number of hydrogen-bond acceptors (Lipinski definition) is 8. The molecule has 0 unspecified atom stereocenters. The summed E-state index contributed by atoms with van der Waals surface area (Å²) in [7, 11) is 0. The number of pyridine rings is 1. The fourth-order valence-corrected chi connectivity index (χ4v) is 9.11. The molecule has 3 aromatic heterocycles. The van der Waals surface area contributed by atoms with Crippen LogP contribution in [0.25, 0.3) is 21.5 Å². The maximum atomic E-state index is 13.5. The molecule has 9 rings (SSSR count). The second-order valence-electron chi connectivity index (χ2n) is 13.8. The summed E-state index contributed by atoms with van der Waals surface area (Å²) in [5.41, 5.74) is 5.64. The maximum absolute atomic E-state index is 13.5. The Hall–Kier alpha value is -4.64. The van der Waals surface area contributed by atoms with E-state index in [2.05, 4.69) is 39.4 Å². The van der Waals surface area contributed by atoms with E-state index in [1.807, 2.05) is 65.0 Å². The number of anilines is 2. The van der Waals surface area contributed by atoms with Crippen LogP contribution in [0.2, 0.25) is 0 Å². The second-order valence-corrected chi connectivity index (χ2v) is 14.9. The molecule has 0 spiro atoms. The lowest BCUT2D eigenvalue weighted by Crippen LogP contribution is -2.53. The maximum Gasteiger partial charge on any atom is 0.355 e. The highest BCUT2D eigenvalue weighted by Gasteiger charge is 2.54. The standard InChI is InChI=1S/C36H37N7O3S/c1-20-31(40-41-43(20)18-22-11-12-23-17-27(22)36(23,2)3)25-13-14-30(38-32(25)34(45)46)42-16-15-21-7-6-8-24(26(21)19-42)33(44)39-35-37-28-9-4-5-10-29(28)47-35/h4-10,13-14,22-23,27H,11-12,15-19H2,1-3H3,(H,45,46)(H,37,39,44)/t22-,23-,27-/m0/s1. The average molecular weight is 648 g/mol. The number of nitrogens with zero attached hydrogens (tertiary/aromatic N) is 6. The first kappa shape index (κ1) is 29.7. The first-order chi connectivity index (χ1) is 22.7. The van der Waals surface area contributed by atoms with Gasteiger partial charge in [-0.2, -0.15) is 0 Å². The number of carboxylic acid groups (broad SMARTS) is 1. The van der Waals surface area contributed by atoms with Crippen molar-refractivity contribution in [2.45, 2.75) is 59.5 Å². The number of amides is 1. The predicted octanol–water partition coefficient (Wildman–Crippen LogP) is 6.84. The second kappa shape index (κ2) is 11.3. The van der Waals surface area contributed by atoms with Gasteiger partial charge in [-0.15, -0.1) is 5.10 Å². The molecular formula is C36H37N7O3S. The number of carbonyl (C=O) groups excluding carboxylic acids is 1. The van der Waals surface area contributed by atoms with E-state index in [-0.39, 0.29) is 11.6 Å². The van der Waals surface area contributed by atoms with Crippen molar-refractivity contribution in [3.63, 3.8) is 0 Å². The zero-order valence-corrected chi connectivity index (χ0v) is 27.5. The van der Waals surface area contributed by atoms with Gasteiger partial charge in [-0.05, 0) is 97.2 Å². The van der Waals surface area contributed by atoms with Crippen LogP contribution in [-0.2, 0) is 19.5 Å². The Bertz CT molecular complexity index is 2010. The Morgan fingerprint density at radius 2 is 1.91 bits per heavy atom. The van der Waals surface area contributed by atoms with E-state index in [9.17, 15) is 14.7 Å². The molecule has 0 saturated heterocycles. The van der Waals surface area contributed by atoms with Gasteiger partial charge < -0.3 is 10.0 Å². The van der Waals surface area contributed by atoms with Crippen molar-refractivity contribution >= 4 is 44.4 Å². The summed E-state index contributed by atoms with van der Waals surface area (Å²) in [4.78, 5) is 37.3. The molecule has 3 fully saturated rings. The molecule has 1 aliphatic heterocycles. The third-order valence-corrected chi connectivity index (χ3v) is 12.0. The van der Waals surface area contributed by atoms with Gasteiger partial charge in [0.1, 0.15) is 11.5 Å². The van der Waals surface area contributed by atoms with Gasteiger partial charge in [-0.25, -0.2) is 19.4 Å². The molecule has 2 bridgehead atoms. The van der Waals surface area contributed by atoms with Crippen molar-refractivity contribution in [2.75, 3.05) is 16.8 Å². The Balaban J connectivity index is 1.04. The van der Waals surface area contributed by atoms with Crippen LogP contribution in [0.4, 0.5) is 10.9 Å². The summed E-state index contributed by atoms with van der Waals surface area (Å²) in [6.45, 7) is 8.63. The Kier molecular flexibility index (Phi) is 7.12. The van der Waals surface area contributed by atoms with Gasteiger partial charge >= 0.3 is 5.97 Å². The quantitative estimate of drug-likeness (QED) is 0.197.